The molecule has 126 valence electrons. The summed E-state index contributed by atoms with van der Waals surface area (Å²) < 4.78 is 0. The van der Waals surface area contributed by atoms with Gasteiger partial charge >= 0.3 is 6.09 Å². The van der Waals surface area contributed by atoms with Crippen molar-refractivity contribution in [3.63, 3.8) is 0 Å². The minimum absolute atomic E-state index is 0.184. The molecule has 1 aromatic rings. The molecule has 0 aliphatic carbocycles. The highest BCUT2D eigenvalue weighted by Crippen LogP contribution is 2.10. The molecule has 1 atom stereocenters. The van der Waals surface area contributed by atoms with Crippen LogP contribution in [0.3, 0.4) is 0 Å². The van der Waals surface area contributed by atoms with Gasteiger partial charge < -0.3 is 15.7 Å². The van der Waals surface area contributed by atoms with Crippen LogP contribution in [-0.4, -0.2) is 34.3 Å². The van der Waals surface area contributed by atoms with Gasteiger partial charge in [-0.15, -0.1) is 0 Å². The number of nitrogens with one attached hydrogen (secondary N) is 3. The largest absolute Gasteiger partial charge is 0.465 e. The molecule has 0 aromatic heterocycles. The molecule has 0 fully saturated rings. The standard InChI is InChI=1S/C15H21N3O5/c19-13(18-23)10-6-2-5-9-12(17-15(21)22)14(20)16-11-7-3-1-4-8-11/h1,3-4,7-8,12,17,23H,2,5-6,9-10H2,(H,16,20)(H,18,19)(H,21,22). The summed E-state index contributed by atoms with van der Waals surface area (Å²) in [6.07, 6.45) is 1.01. The van der Waals surface area contributed by atoms with Crippen LogP contribution in [0.1, 0.15) is 32.1 Å². The van der Waals surface area contributed by atoms with Crippen molar-refractivity contribution in [3.8, 4) is 0 Å². The van der Waals surface area contributed by atoms with Crippen LogP contribution in [0.4, 0.5) is 10.5 Å². The number of hydrogen-bond donors (Lipinski definition) is 5. The van der Waals surface area contributed by atoms with E-state index in [9.17, 15) is 14.4 Å². The van der Waals surface area contributed by atoms with Gasteiger partial charge in [-0.3, -0.25) is 14.8 Å². The van der Waals surface area contributed by atoms with Crippen molar-refractivity contribution in [3.05, 3.63) is 30.3 Å². The molecule has 0 heterocycles. The van der Waals surface area contributed by atoms with Crippen LogP contribution in [0, 0.1) is 0 Å². The Morgan fingerprint density at radius 2 is 1.74 bits per heavy atom. The lowest BCUT2D eigenvalue weighted by molar-refractivity contribution is -0.129. The Morgan fingerprint density at radius 3 is 2.35 bits per heavy atom. The quantitative estimate of drug-likeness (QED) is 0.268. The van der Waals surface area contributed by atoms with Crippen LogP contribution >= 0.6 is 0 Å². The molecule has 0 saturated heterocycles. The fourth-order valence-electron chi connectivity index (χ4n) is 2.04. The molecule has 0 spiro atoms. The number of carbonyl (C=O) groups is 3. The first-order valence-electron chi connectivity index (χ1n) is 7.31. The number of rotatable bonds is 9. The second-order valence-corrected chi connectivity index (χ2v) is 4.99. The van der Waals surface area contributed by atoms with Gasteiger partial charge in [-0.1, -0.05) is 31.0 Å². The van der Waals surface area contributed by atoms with E-state index >= 15 is 0 Å². The van der Waals surface area contributed by atoms with Crippen LogP contribution in [-0.2, 0) is 9.59 Å². The minimum Gasteiger partial charge on any atom is -0.465 e. The fraction of sp³-hybridized carbons (Fsp3) is 0.400. The first-order valence-corrected chi connectivity index (χ1v) is 7.31. The molecule has 0 aliphatic heterocycles. The summed E-state index contributed by atoms with van der Waals surface area (Å²) >= 11 is 0. The molecule has 3 amide bonds. The summed E-state index contributed by atoms with van der Waals surface area (Å²) in [5, 5.41) is 22.0. The molecule has 0 saturated carbocycles. The average molecular weight is 323 g/mol. The zero-order chi connectivity index (χ0) is 17.1. The van der Waals surface area contributed by atoms with Gasteiger partial charge in [0.1, 0.15) is 6.04 Å². The van der Waals surface area contributed by atoms with Gasteiger partial charge in [0.15, 0.2) is 0 Å². The first kappa shape index (κ1) is 18.4. The van der Waals surface area contributed by atoms with E-state index in [0.29, 0.717) is 31.4 Å². The Bertz CT molecular complexity index is 521. The van der Waals surface area contributed by atoms with E-state index < -0.39 is 23.9 Å². The van der Waals surface area contributed by atoms with Gasteiger partial charge in [-0.25, -0.2) is 10.3 Å². The highest BCUT2D eigenvalue weighted by atomic mass is 16.5. The first-order chi connectivity index (χ1) is 11.0. The summed E-state index contributed by atoms with van der Waals surface area (Å²) in [6.45, 7) is 0. The maximum atomic E-state index is 12.1. The van der Waals surface area contributed by atoms with Crippen LogP contribution in [0.15, 0.2) is 30.3 Å². The maximum Gasteiger partial charge on any atom is 0.405 e. The van der Waals surface area contributed by atoms with Crippen molar-refractivity contribution in [1.82, 2.24) is 10.8 Å². The number of carbonyl (C=O) groups excluding carboxylic acids is 2. The maximum absolute atomic E-state index is 12.1. The highest BCUT2D eigenvalue weighted by molar-refractivity contribution is 5.96. The van der Waals surface area contributed by atoms with E-state index in [-0.39, 0.29) is 6.42 Å². The number of amides is 3. The lowest BCUT2D eigenvalue weighted by Gasteiger charge is -2.16. The normalized spacial score (nSPS) is 11.3. The number of para-hydroxylation sites is 1. The molecular weight excluding hydrogens is 302 g/mol. The Hall–Kier alpha value is -2.61. The van der Waals surface area contributed by atoms with Gasteiger partial charge in [-0.05, 0) is 25.0 Å². The van der Waals surface area contributed by atoms with E-state index in [1.807, 2.05) is 6.07 Å². The predicted octanol–water partition coefficient (Wildman–Crippen LogP) is 1.72. The van der Waals surface area contributed by atoms with Crippen LogP contribution in [0.2, 0.25) is 0 Å². The van der Waals surface area contributed by atoms with Gasteiger partial charge in [-0.2, -0.15) is 0 Å². The van der Waals surface area contributed by atoms with E-state index in [0.717, 1.165) is 0 Å². The molecule has 23 heavy (non-hydrogen) atoms. The lowest BCUT2D eigenvalue weighted by Crippen LogP contribution is -2.43. The third kappa shape index (κ3) is 7.82. The van der Waals surface area contributed by atoms with E-state index in [4.69, 9.17) is 10.3 Å². The second kappa shape index (κ2) is 10.2. The summed E-state index contributed by atoms with van der Waals surface area (Å²) in [5.41, 5.74) is 2.14. The second-order valence-electron chi connectivity index (χ2n) is 4.99. The van der Waals surface area contributed by atoms with Crippen LogP contribution in [0.5, 0.6) is 0 Å². The van der Waals surface area contributed by atoms with Crippen molar-refractivity contribution < 1.29 is 24.7 Å². The Kier molecular flexibility index (Phi) is 8.16. The molecule has 1 aromatic carbocycles. The zero-order valence-corrected chi connectivity index (χ0v) is 12.6. The minimum atomic E-state index is -1.27. The monoisotopic (exact) mass is 323 g/mol. The van der Waals surface area contributed by atoms with Gasteiger partial charge in [0.2, 0.25) is 11.8 Å². The summed E-state index contributed by atoms with van der Waals surface area (Å²) in [5.74, 6) is -0.890. The number of hydrogen-bond acceptors (Lipinski definition) is 4. The summed E-state index contributed by atoms with van der Waals surface area (Å²) in [6, 6.07) is 7.90. The lowest BCUT2D eigenvalue weighted by atomic mass is 10.1. The van der Waals surface area contributed by atoms with Gasteiger partial charge in [0.05, 0.1) is 0 Å². The molecule has 0 radical (unpaired) electrons. The van der Waals surface area contributed by atoms with Crippen molar-refractivity contribution in [1.29, 1.82) is 0 Å². The van der Waals surface area contributed by atoms with Crippen molar-refractivity contribution in [2.24, 2.45) is 0 Å². The topological polar surface area (TPSA) is 128 Å². The van der Waals surface area contributed by atoms with Crippen molar-refractivity contribution >= 4 is 23.6 Å². The van der Waals surface area contributed by atoms with Crippen LogP contribution < -0.4 is 16.1 Å². The smallest absolute Gasteiger partial charge is 0.405 e. The Morgan fingerprint density at radius 1 is 1.04 bits per heavy atom. The predicted molar refractivity (Wildman–Crippen MR) is 83.0 cm³/mol. The SMILES string of the molecule is O=C(O)NC(CCCCCC(=O)NO)C(=O)Nc1ccccc1. The molecule has 8 nitrogen and oxygen atoms in total. The van der Waals surface area contributed by atoms with E-state index in [1.54, 1.807) is 29.7 Å². The molecule has 1 unspecified atom stereocenters. The number of anilines is 1. The molecule has 1 rings (SSSR count). The van der Waals surface area contributed by atoms with Crippen LogP contribution in [0.25, 0.3) is 0 Å². The average Bonchev–Trinajstić information content (AvgIpc) is 2.53. The summed E-state index contributed by atoms with van der Waals surface area (Å²) in [7, 11) is 0. The molecular formula is C15H21N3O5. The molecule has 8 heteroatoms. The van der Waals surface area contributed by atoms with E-state index in [1.165, 1.54) is 0 Å². The van der Waals surface area contributed by atoms with Crippen molar-refractivity contribution in [2.45, 2.75) is 38.1 Å². The molecule has 0 aliphatic rings. The Labute approximate surface area is 133 Å². The van der Waals surface area contributed by atoms with E-state index in [2.05, 4.69) is 10.6 Å². The Balaban J connectivity index is 2.43. The number of unbranched alkanes of at least 4 members (excludes halogenated alkanes) is 2. The fourth-order valence-corrected chi connectivity index (χ4v) is 2.04. The summed E-state index contributed by atoms with van der Waals surface area (Å²) in [4.78, 5) is 33.8. The number of hydroxylamine groups is 1. The highest BCUT2D eigenvalue weighted by Gasteiger charge is 2.20. The zero-order valence-electron chi connectivity index (χ0n) is 12.6. The van der Waals surface area contributed by atoms with Gasteiger partial charge in [0, 0.05) is 12.1 Å². The molecule has 0 bridgehead atoms. The third-order valence-corrected chi connectivity index (χ3v) is 3.18. The van der Waals surface area contributed by atoms with Crippen molar-refractivity contribution in [2.75, 3.05) is 5.32 Å². The molecule has 5 N–H and O–H groups in total. The number of benzene rings is 1. The third-order valence-electron chi connectivity index (χ3n) is 3.18. The number of carboxylic acid groups (broad SMARTS) is 1. The van der Waals surface area contributed by atoms with Gasteiger partial charge in [0.25, 0.3) is 0 Å².